The quantitative estimate of drug-likeness (QED) is 0.167. The van der Waals surface area contributed by atoms with Gasteiger partial charge in [0.05, 0.1) is 0 Å². The summed E-state index contributed by atoms with van der Waals surface area (Å²) >= 11 is 0. The predicted molar refractivity (Wildman–Crippen MR) is 189 cm³/mol. The second-order valence-electron chi connectivity index (χ2n) is 14.1. The Kier molecular flexibility index (Phi) is 8.05. The summed E-state index contributed by atoms with van der Waals surface area (Å²) < 4.78 is 2.25. The zero-order valence-electron chi connectivity index (χ0n) is 27.8. The fraction of sp³-hybridized carbons (Fsp3) is 0.250. The summed E-state index contributed by atoms with van der Waals surface area (Å²) in [5.41, 5.74) is 10.1. The molecule has 0 unspecified atom stereocenters. The first kappa shape index (κ1) is 31.9. The summed E-state index contributed by atoms with van der Waals surface area (Å²) in [6.45, 7) is 15.6. The molecule has 0 saturated heterocycles. The van der Waals surface area contributed by atoms with Gasteiger partial charge in [-0.2, -0.15) is 18.8 Å². The third-order valence-corrected chi connectivity index (χ3v) is 8.93. The van der Waals surface area contributed by atoms with Crippen LogP contribution >= 0.6 is 0 Å². The van der Waals surface area contributed by atoms with Crippen molar-refractivity contribution in [2.75, 3.05) is 28.8 Å². The summed E-state index contributed by atoms with van der Waals surface area (Å²) in [4.78, 5) is 11.4. The van der Waals surface area contributed by atoms with E-state index in [9.17, 15) is 0 Å². The van der Waals surface area contributed by atoms with Crippen molar-refractivity contribution in [2.24, 2.45) is 0 Å². The van der Waals surface area contributed by atoms with Crippen LogP contribution in [0.3, 0.4) is 0 Å². The van der Waals surface area contributed by atoms with Gasteiger partial charge in [-0.3, -0.25) is 0 Å². The van der Waals surface area contributed by atoms with Crippen molar-refractivity contribution in [3.63, 3.8) is 0 Å². The van der Waals surface area contributed by atoms with Crippen LogP contribution in [0.2, 0.25) is 0 Å². The van der Waals surface area contributed by atoms with E-state index in [1.165, 1.54) is 22.2 Å². The molecule has 0 bridgehead atoms. The molecule has 0 aliphatic carbocycles. The minimum Gasteiger partial charge on any atom is -0.504 e. The van der Waals surface area contributed by atoms with Crippen molar-refractivity contribution in [1.82, 2.24) is 9.55 Å². The Hall–Kier alpha value is -4.08. The minimum absolute atomic E-state index is 0. The third kappa shape index (κ3) is 5.49. The predicted octanol–water partition coefficient (Wildman–Crippen LogP) is 9.85. The molecule has 1 aliphatic rings. The summed E-state index contributed by atoms with van der Waals surface area (Å²) in [5.74, 6) is 0.903. The molecule has 46 heavy (non-hydrogen) atoms. The molecule has 0 amide bonds. The number of nitrogens with zero attached hydrogens (tertiary/aromatic N) is 5. The zero-order valence-corrected chi connectivity index (χ0v) is 30.1. The SMILES string of the molecule is CN1[CH-]N(c2[c-]c(N(C)c3[c-]c4c(cc3)c3ccccc3n4-c3cc(C(C)(C)C)ccn3)ccc2)c2ccc(C(C)(C)C)cc21.[Pt]. The summed E-state index contributed by atoms with van der Waals surface area (Å²) in [5, 5.41) is 2.35. The van der Waals surface area contributed by atoms with Crippen LogP contribution in [0, 0.1) is 18.8 Å². The standard InChI is InChI=1S/C40H40N5.Pt/c1-39(2,3)27-16-19-35-37(22-27)42(7)26-44(35)31-13-11-12-29(24-31)43(8)30-17-18-33-32-14-9-10-15-34(32)45(36(33)25-30)38-23-28(20-21-41-38)40(4,5)6;/h9-23,26H,1-8H3;/q-3;. The molecule has 238 valence electrons. The van der Waals surface area contributed by atoms with E-state index in [0.717, 1.165) is 45.0 Å². The van der Waals surface area contributed by atoms with Gasteiger partial charge in [0, 0.05) is 51.2 Å². The van der Waals surface area contributed by atoms with Crippen molar-refractivity contribution in [3.05, 3.63) is 121 Å². The topological polar surface area (TPSA) is 27.5 Å². The molecule has 0 spiro atoms. The number of anilines is 5. The van der Waals surface area contributed by atoms with Crippen LogP contribution in [0.5, 0.6) is 0 Å². The molecule has 3 heterocycles. The molecule has 0 radical (unpaired) electrons. The van der Waals surface area contributed by atoms with Gasteiger partial charge < -0.3 is 19.3 Å². The smallest absolute Gasteiger partial charge is 0.135 e. The molecule has 4 aromatic carbocycles. The summed E-state index contributed by atoms with van der Waals surface area (Å²) in [6, 6.07) is 37.8. The van der Waals surface area contributed by atoms with Crippen LogP contribution in [0.15, 0.2) is 91.1 Å². The van der Waals surface area contributed by atoms with Crippen LogP contribution in [-0.2, 0) is 31.9 Å². The van der Waals surface area contributed by atoms with E-state index >= 15 is 0 Å². The van der Waals surface area contributed by atoms with E-state index < -0.39 is 0 Å². The second kappa shape index (κ2) is 11.6. The van der Waals surface area contributed by atoms with E-state index in [1.807, 2.05) is 6.20 Å². The first-order chi connectivity index (χ1) is 21.4. The molecule has 5 nitrogen and oxygen atoms in total. The Morgan fingerprint density at radius 1 is 0.717 bits per heavy atom. The van der Waals surface area contributed by atoms with Crippen LogP contribution in [-0.4, -0.2) is 23.6 Å². The van der Waals surface area contributed by atoms with Gasteiger partial charge in [-0.25, -0.2) is 4.98 Å². The summed E-state index contributed by atoms with van der Waals surface area (Å²) in [6.07, 6.45) is 1.92. The fourth-order valence-corrected chi connectivity index (χ4v) is 6.20. The Balaban J connectivity index is 0.00000372. The molecule has 2 aromatic heterocycles. The first-order valence-corrected chi connectivity index (χ1v) is 15.6. The van der Waals surface area contributed by atoms with Gasteiger partial charge in [-0.1, -0.05) is 82.7 Å². The van der Waals surface area contributed by atoms with Crippen molar-refractivity contribution < 1.29 is 21.1 Å². The monoisotopic (exact) mass is 785 g/mol. The van der Waals surface area contributed by atoms with Gasteiger partial charge in [0.15, 0.2) is 0 Å². The molecule has 1 aliphatic heterocycles. The van der Waals surface area contributed by atoms with Gasteiger partial charge in [-0.05, 0) is 64.7 Å². The number of pyridine rings is 1. The maximum atomic E-state index is 4.84. The molecule has 0 saturated carbocycles. The van der Waals surface area contributed by atoms with E-state index in [2.05, 4.69) is 179 Å². The summed E-state index contributed by atoms with van der Waals surface area (Å²) in [7, 11) is 4.19. The van der Waals surface area contributed by atoms with Gasteiger partial charge >= 0.3 is 0 Å². The van der Waals surface area contributed by atoms with Crippen molar-refractivity contribution in [2.45, 2.75) is 52.4 Å². The van der Waals surface area contributed by atoms with E-state index in [4.69, 9.17) is 4.98 Å². The molecular formula is C40H40N5Pt-3. The number of para-hydroxylation sites is 1. The normalized spacial score (nSPS) is 13.3. The maximum absolute atomic E-state index is 4.84. The van der Waals surface area contributed by atoms with Gasteiger partial charge in [0.25, 0.3) is 0 Å². The molecule has 0 atom stereocenters. The third-order valence-electron chi connectivity index (χ3n) is 8.93. The molecule has 0 N–H and O–H groups in total. The van der Waals surface area contributed by atoms with Crippen molar-refractivity contribution in [3.8, 4) is 5.82 Å². The number of hydrogen-bond donors (Lipinski definition) is 0. The molecule has 6 heteroatoms. The average Bonchev–Trinajstić information content (AvgIpc) is 3.54. The number of rotatable bonds is 4. The van der Waals surface area contributed by atoms with E-state index in [1.54, 1.807) is 0 Å². The first-order valence-electron chi connectivity index (χ1n) is 15.6. The zero-order chi connectivity index (χ0) is 31.7. The van der Waals surface area contributed by atoms with Gasteiger partial charge in [-0.15, -0.1) is 41.4 Å². The molecular weight excluding hydrogens is 746 g/mol. The number of fused-ring (bicyclic) bond motifs is 4. The number of aromatic nitrogens is 2. The van der Waals surface area contributed by atoms with Crippen LogP contribution in [0.25, 0.3) is 27.6 Å². The van der Waals surface area contributed by atoms with Gasteiger partial charge in [0.1, 0.15) is 5.82 Å². The van der Waals surface area contributed by atoms with Crippen molar-refractivity contribution in [1.29, 1.82) is 0 Å². The van der Waals surface area contributed by atoms with Crippen LogP contribution in [0.1, 0.15) is 52.7 Å². The fourth-order valence-electron chi connectivity index (χ4n) is 6.20. The number of hydrogen-bond acceptors (Lipinski definition) is 4. The Labute approximate surface area is 287 Å². The van der Waals surface area contributed by atoms with Crippen molar-refractivity contribution >= 4 is 50.2 Å². The number of benzene rings is 4. The molecule has 7 rings (SSSR count). The van der Waals surface area contributed by atoms with Crippen LogP contribution < -0.4 is 14.7 Å². The average molecular weight is 786 g/mol. The Morgan fingerprint density at radius 3 is 2.20 bits per heavy atom. The van der Waals surface area contributed by atoms with E-state index in [0.29, 0.717) is 0 Å². The molecule has 0 fully saturated rings. The van der Waals surface area contributed by atoms with Gasteiger partial charge in [0.2, 0.25) is 0 Å². The Bertz CT molecular complexity index is 2060. The largest absolute Gasteiger partial charge is 0.504 e. The molecule has 6 aromatic rings. The van der Waals surface area contributed by atoms with Crippen LogP contribution in [0.4, 0.5) is 28.4 Å². The Morgan fingerprint density at radius 2 is 1.43 bits per heavy atom. The maximum Gasteiger partial charge on any atom is 0.135 e. The second-order valence-corrected chi connectivity index (χ2v) is 14.1. The minimum atomic E-state index is 0. The van der Waals surface area contributed by atoms with E-state index in [-0.39, 0.29) is 31.9 Å².